The molecular weight excluding hydrogens is 467 g/mol. The quantitative estimate of drug-likeness (QED) is 0.364. The van der Waals surface area contributed by atoms with Gasteiger partial charge in [-0.25, -0.2) is 4.98 Å². The molecule has 0 saturated carbocycles. The van der Waals surface area contributed by atoms with E-state index in [0.29, 0.717) is 18.9 Å². The number of piperidine rings is 1. The highest BCUT2D eigenvalue weighted by Gasteiger charge is 2.23. The lowest BCUT2D eigenvalue weighted by atomic mass is 9.93. The number of fused-ring (bicyclic) bond motifs is 1. The highest BCUT2D eigenvalue weighted by molar-refractivity contribution is 14.0. The number of halogens is 1. The molecular formula is C20H31IN6O. The fourth-order valence-electron chi connectivity index (χ4n) is 3.52. The number of amides is 1. The number of pyridine rings is 1. The van der Waals surface area contributed by atoms with Gasteiger partial charge >= 0.3 is 0 Å². The second kappa shape index (κ2) is 11.2. The second-order valence-corrected chi connectivity index (χ2v) is 6.99. The van der Waals surface area contributed by atoms with Gasteiger partial charge in [0.2, 0.25) is 5.91 Å². The van der Waals surface area contributed by atoms with Crippen molar-refractivity contribution in [3.8, 4) is 0 Å². The third kappa shape index (κ3) is 6.08. The Morgan fingerprint density at radius 1 is 1.32 bits per heavy atom. The molecule has 1 aliphatic heterocycles. The molecule has 2 aromatic rings. The van der Waals surface area contributed by atoms with Crippen molar-refractivity contribution < 1.29 is 4.79 Å². The molecule has 1 aliphatic rings. The lowest BCUT2D eigenvalue weighted by molar-refractivity contribution is -0.121. The van der Waals surface area contributed by atoms with Gasteiger partial charge in [0.25, 0.3) is 0 Å². The van der Waals surface area contributed by atoms with Crippen molar-refractivity contribution in [1.82, 2.24) is 24.9 Å². The van der Waals surface area contributed by atoms with Crippen molar-refractivity contribution in [2.75, 3.05) is 33.2 Å². The maximum absolute atomic E-state index is 11.6. The van der Waals surface area contributed by atoms with Gasteiger partial charge < -0.3 is 19.9 Å². The summed E-state index contributed by atoms with van der Waals surface area (Å²) in [6.45, 7) is 5.55. The zero-order chi connectivity index (χ0) is 19.1. The number of likely N-dealkylation sites (tertiary alicyclic amines) is 1. The standard InChI is InChI=1S/C20H30N6O.HI/c1-3-22-20(25-12-8-16(9-13-25)14-19(27)21-2)23-10-7-17-15-26-11-5-4-6-18(26)24-17;/h4-6,11,15-16H,3,7-10,12-14H2,1-2H3,(H,21,27)(H,22,23);1H. The summed E-state index contributed by atoms with van der Waals surface area (Å²) in [5, 5.41) is 6.13. The van der Waals surface area contributed by atoms with E-state index in [1.165, 1.54) is 0 Å². The molecule has 2 N–H and O–H groups in total. The highest BCUT2D eigenvalue weighted by atomic mass is 127. The molecule has 0 spiro atoms. The SMILES string of the molecule is CCNC(=NCCc1cn2ccccc2n1)N1CCC(CC(=O)NC)CC1.I. The molecule has 28 heavy (non-hydrogen) atoms. The minimum Gasteiger partial charge on any atom is -0.359 e. The fourth-order valence-corrected chi connectivity index (χ4v) is 3.52. The Balaban J connectivity index is 0.00000280. The van der Waals surface area contributed by atoms with Gasteiger partial charge in [-0.15, -0.1) is 24.0 Å². The first-order chi connectivity index (χ1) is 13.2. The Labute approximate surface area is 184 Å². The monoisotopic (exact) mass is 498 g/mol. The smallest absolute Gasteiger partial charge is 0.220 e. The van der Waals surface area contributed by atoms with E-state index < -0.39 is 0 Å². The van der Waals surface area contributed by atoms with E-state index in [4.69, 9.17) is 4.99 Å². The molecule has 8 heteroatoms. The first-order valence-corrected chi connectivity index (χ1v) is 9.86. The van der Waals surface area contributed by atoms with Crippen LogP contribution in [0.5, 0.6) is 0 Å². The zero-order valence-corrected chi connectivity index (χ0v) is 19.1. The largest absolute Gasteiger partial charge is 0.359 e. The van der Waals surface area contributed by atoms with Gasteiger partial charge in [0.15, 0.2) is 5.96 Å². The fraction of sp³-hybridized carbons (Fsp3) is 0.550. The summed E-state index contributed by atoms with van der Waals surface area (Å²) in [6, 6.07) is 6.02. The normalized spacial score (nSPS) is 15.4. The number of nitrogens with zero attached hydrogens (tertiary/aromatic N) is 4. The van der Waals surface area contributed by atoms with Crippen LogP contribution >= 0.6 is 24.0 Å². The highest BCUT2D eigenvalue weighted by Crippen LogP contribution is 2.20. The van der Waals surface area contributed by atoms with Crippen LogP contribution in [0.25, 0.3) is 5.65 Å². The van der Waals surface area contributed by atoms with Crippen molar-refractivity contribution in [3.05, 3.63) is 36.3 Å². The predicted octanol–water partition coefficient (Wildman–Crippen LogP) is 2.31. The van der Waals surface area contributed by atoms with Crippen LogP contribution in [0.4, 0.5) is 0 Å². The van der Waals surface area contributed by atoms with Gasteiger partial charge in [0.1, 0.15) is 5.65 Å². The number of guanidine groups is 1. The Kier molecular flexibility index (Phi) is 9.01. The lowest BCUT2D eigenvalue weighted by Gasteiger charge is -2.34. The van der Waals surface area contributed by atoms with E-state index in [9.17, 15) is 4.79 Å². The molecule has 0 atom stereocenters. The van der Waals surface area contributed by atoms with Crippen molar-refractivity contribution in [2.45, 2.75) is 32.6 Å². The van der Waals surface area contributed by atoms with Gasteiger partial charge in [-0.2, -0.15) is 0 Å². The maximum atomic E-state index is 11.6. The third-order valence-electron chi connectivity index (χ3n) is 5.05. The molecule has 1 amide bonds. The summed E-state index contributed by atoms with van der Waals surface area (Å²) in [5.74, 6) is 1.59. The van der Waals surface area contributed by atoms with E-state index >= 15 is 0 Å². The van der Waals surface area contributed by atoms with Crippen LogP contribution in [0.3, 0.4) is 0 Å². The summed E-state index contributed by atoms with van der Waals surface area (Å²) < 4.78 is 2.04. The molecule has 0 aromatic carbocycles. The van der Waals surface area contributed by atoms with Crippen molar-refractivity contribution in [2.24, 2.45) is 10.9 Å². The maximum Gasteiger partial charge on any atom is 0.220 e. The Morgan fingerprint density at radius 3 is 2.79 bits per heavy atom. The minimum atomic E-state index is 0. The number of carbonyl (C=O) groups is 1. The second-order valence-electron chi connectivity index (χ2n) is 6.99. The summed E-state index contributed by atoms with van der Waals surface area (Å²) in [4.78, 5) is 23.3. The van der Waals surface area contributed by atoms with Gasteiger partial charge in [-0.1, -0.05) is 6.07 Å². The van der Waals surface area contributed by atoms with Crippen LogP contribution in [0, 0.1) is 5.92 Å². The number of hydrogen-bond acceptors (Lipinski definition) is 3. The molecule has 0 radical (unpaired) electrons. The summed E-state index contributed by atoms with van der Waals surface area (Å²) in [5.41, 5.74) is 2.03. The first kappa shape index (κ1) is 22.4. The number of nitrogens with one attached hydrogen (secondary N) is 2. The van der Waals surface area contributed by atoms with Crippen LogP contribution < -0.4 is 10.6 Å². The molecule has 3 rings (SSSR count). The van der Waals surface area contributed by atoms with Crippen LogP contribution in [0.15, 0.2) is 35.6 Å². The summed E-state index contributed by atoms with van der Waals surface area (Å²) in [6.07, 6.45) is 7.61. The number of carbonyl (C=O) groups excluding carboxylic acids is 1. The molecule has 3 heterocycles. The number of aliphatic imine (C=N–C) groups is 1. The van der Waals surface area contributed by atoms with Gasteiger partial charge in [0.05, 0.1) is 5.69 Å². The molecule has 0 unspecified atom stereocenters. The predicted molar refractivity (Wildman–Crippen MR) is 123 cm³/mol. The topological polar surface area (TPSA) is 74.0 Å². The molecule has 1 saturated heterocycles. The van der Waals surface area contributed by atoms with Crippen molar-refractivity contribution in [3.63, 3.8) is 0 Å². The average molecular weight is 498 g/mol. The molecule has 0 bridgehead atoms. The van der Waals surface area contributed by atoms with E-state index in [1.54, 1.807) is 7.05 Å². The number of aromatic nitrogens is 2. The van der Waals surface area contributed by atoms with Gasteiger partial charge in [-0.05, 0) is 37.8 Å². The molecule has 1 fully saturated rings. The molecule has 0 aliphatic carbocycles. The molecule has 2 aromatic heterocycles. The van der Waals surface area contributed by atoms with Gasteiger partial charge in [0, 0.05) is 58.5 Å². The number of hydrogen-bond donors (Lipinski definition) is 2. The summed E-state index contributed by atoms with van der Waals surface area (Å²) in [7, 11) is 1.70. The van der Waals surface area contributed by atoms with Crippen LogP contribution in [-0.2, 0) is 11.2 Å². The van der Waals surface area contributed by atoms with Crippen LogP contribution in [0.1, 0.15) is 31.9 Å². The average Bonchev–Trinajstić information content (AvgIpc) is 3.10. The van der Waals surface area contributed by atoms with E-state index in [-0.39, 0.29) is 29.9 Å². The zero-order valence-electron chi connectivity index (χ0n) is 16.7. The van der Waals surface area contributed by atoms with E-state index in [0.717, 1.165) is 56.2 Å². The van der Waals surface area contributed by atoms with Crippen LogP contribution in [-0.4, -0.2) is 59.4 Å². The lowest BCUT2D eigenvalue weighted by Crippen LogP contribution is -2.46. The third-order valence-corrected chi connectivity index (χ3v) is 5.05. The van der Waals surface area contributed by atoms with E-state index in [1.807, 2.05) is 28.8 Å². The number of rotatable bonds is 6. The Bertz CT molecular complexity index is 749. The summed E-state index contributed by atoms with van der Waals surface area (Å²) >= 11 is 0. The Hall–Kier alpha value is -1.84. The molecule has 154 valence electrons. The Morgan fingerprint density at radius 2 is 2.11 bits per heavy atom. The van der Waals surface area contributed by atoms with Gasteiger partial charge in [-0.3, -0.25) is 9.79 Å². The minimum absolute atomic E-state index is 0. The van der Waals surface area contributed by atoms with Crippen molar-refractivity contribution >= 4 is 41.5 Å². The molecule has 7 nitrogen and oxygen atoms in total. The van der Waals surface area contributed by atoms with Crippen molar-refractivity contribution in [1.29, 1.82) is 0 Å². The van der Waals surface area contributed by atoms with E-state index in [2.05, 4.69) is 33.6 Å². The number of imidazole rings is 1. The van der Waals surface area contributed by atoms with Crippen LogP contribution in [0.2, 0.25) is 0 Å². The first-order valence-electron chi connectivity index (χ1n) is 9.86.